The summed E-state index contributed by atoms with van der Waals surface area (Å²) in [6.07, 6.45) is 2.37. The first-order valence-electron chi connectivity index (χ1n) is 4.51. The summed E-state index contributed by atoms with van der Waals surface area (Å²) < 4.78 is 5.25. The van der Waals surface area contributed by atoms with Gasteiger partial charge < -0.3 is 10.5 Å². The lowest BCUT2D eigenvalue weighted by molar-refractivity contribution is 0.117. The molecule has 1 aliphatic carbocycles. The number of amidine groups is 1. The van der Waals surface area contributed by atoms with Crippen LogP contribution >= 0.6 is 0 Å². The number of aliphatic imine (C=N–C) groups is 1. The van der Waals surface area contributed by atoms with E-state index < -0.39 is 0 Å². The normalized spacial score (nSPS) is 21.5. The average molecular weight is 170 g/mol. The predicted octanol–water partition coefficient (Wildman–Crippen LogP) is 1.18. The molecule has 3 heteroatoms. The van der Waals surface area contributed by atoms with Crippen LogP contribution in [0.4, 0.5) is 0 Å². The maximum Gasteiger partial charge on any atom is 0.124 e. The summed E-state index contributed by atoms with van der Waals surface area (Å²) in [4.78, 5) is 4.35. The minimum atomic E-state index is -0.00870. The average Bonchev–Trinajstić information content (AvgIpc) is 2.71. The maximum atomic E-state index is 5.80. The van der Waals surface area contributed by atoms with Crippen molar-refractivity contribution in [2.24, 2.45) is 16.6 Å². The molecule has 0 aromatic carbocycles. The summed E-state index contributed by atoms with van der Waals surface area (Å²) in [7, 11) is 1.68. The van der Waals surface area contributed by atoms with E-state index in [1.54, 1.807) is 7.11 Å². The molecule has 0 amide bonds. The van der Waals surface area contributed by atoms with Crippen molar-refractivity contribution in [1.82, 2.24) is 0 Å². The molecule has 0 heterocycles. The lowest BCUT2D eigenvalue weighted by Crippen LogP contribution is -2.35. The highest BCUT2D eigenvalue weighted by Gasteiger charge is 2.24. The summed E-state index contributed by atoms with van der Waals surface area (Å²) in [6, 6.07) is 0.487. The zero-order chi connectivity index (χ0) is 9.14. The van der Waals surface area contributed by atoms with E-state index in [0.29, 0.717) is 17.8 Å². The summed E-state index contributed by atoms with van der Waals surface area (Å²) in [5, 5.41) is 0. The molecule has 2 N–H and O–H groups in total. The van der Waals surface area contributed by atoms with Crippen molar-refractivity contribution in [3.05, 3.63) is 0 Å². The third-order valence-electron chi connectivity index (χ3n) is 2.03. The monoisotopic (exact) mass is 170 g/mol. The SMILES string of the molecule is COC(C(N)=NC1CC1)C(C)C. The number of methoxy groups -OCH3 is 1. The fourth-order valence-electron chi connectivity index (χ4n) is 1.22. The van der Waals surface area contributed by atoms with Gasteiger partial charge >= 0.3 is 0 Å². The van der Waals surface area contributed by atoms with Crippen LogP contribution in [0.15, 0.2) is 4.99 Å². The number of nitrogens with two attached hydrogens (primary N) is 1. The molecule has 0 radical (unpaired) electrons. The molecule has 70 valence electrons. The van der Waals surface area contributed by atoms with Gasteiger partial charge in [0.2, 0.25) is 0 Å². The van der Waals surface area contributed by atoms with Crippen LogP contribution in [0.1, 0.15) is 26.7 Å². The zero-order valence-electron chi connectivity index (χ0n) is 8.08. The Morgan fingerprint density at radius 2 is 2.08 bits per heavy atom. The van der Waals surface area contributed by atoms with Gasteiger partial charge in [0.15, 0.2) is 0 Å². The van der Waals surface area contributed by atoms with E-state index in [-0.39, 0.29) is 6.10 Å². The van der Waals surface area contributed by atoms with Gasteiger partial charge in [-0.25, -0.2) is 0 Å². The highest BCUT2D eigenvalue weighted by atomic mass is 16.5. The van der Waals surface area contributed by atoms with Crippen LogP contribution in [0.25, 0.3) is 0 Å². The number of rotatable bonds is 4. The van der Waals surface area contributed by atoms with Crippen molar-refractivity contribution < 1.29 is 4.74 Å². The van der Waals surface area contributed by atoms with E-state index in [0.717, 1.165) is 0 Å². The van der Waals surface area contributed by atoms with E-state index in [9.17, 15) is 0 Å². The van der Waals surface area contributed by atoms with Gasteiger partial charge in [0, 0.05) is 7.11 Å². The van der Waals surface area contributed by atoms with Crippen molar-refractivity contribution in [3.8, 4) is 0 Å². The molecule has 0 spiro atoms. The summed E-state index contributed by atoms with van der Waals surface area (Å²) >= 11 is 0. The van der Waals surface area contributed by atoms with Crippen molar-refractivity contribution in [2.75, 3.05) is 7.11 Å². The molecule has 0 aliphatic heterocycles. The van der Waals surface area contributed by atoms with Crippen molar-refractivity contribution in [1.29, 1.82) is 0 Å². The highest BCUT2D eigenvalue weighted by molar-refractivity contribution is 5.85. The van der Waals surface area contributed by atoms with Crippen LogP contribution in [-0.4, -0.2) is 25.1 Å². The van der Waals surface area contributed by atoms with Gasteiger partial charge in [0.1, 0.15) is 11.9 Å². The number of hydrogen-bond donors (Lipinski definition) is 1. The largest absolute Gasteiger partial charge is 0.385 e. The molecule has 1 fully saturated rings. The standard InChI is InChI=1S/C9H18N2O/c1-6(2)8(12-3)9(10)11-7-4-5-7/h6-8H,4-5H2,1-3H3,(H2,10,11). The van der Waals surface area contributed by atoms with Crippen LogP contribution < -0.4 is 5.73 Å². The lowest BCUT2D eigenvalue weighted by Gasteiger charge is -2.18. The predicted molar refractivity (Wildman–Crippen MR) is 50.3 cm³/mol. The molecule has 3 nitrogen and oxygen atoms in total. The summed E-state index contributed by atoms with van der Waals surface area (Å²) in [5.41, 5.74) is 5.80. The van der Waals surface area contributed by atoms with Gasteiger partial charge in [-0.3, -0.25) is 4.99 Å². The minimum absolute atomic E-state index is 0.00870. The first-order chi connectivity index (χ1) is 5.65. The van der Waals surface area contributed by atoms with Gasteiger partial charge in [-0.1, -0.05) is 13.8 Å². The zero-order valence-corrected chi connectivity index (χ0v) is 8.08. The Balaban J connectivity index is 2.50. The topological polar surface area (TPSA) is 47.6 Å². The second kappa shape index (κ2) is 3.90. The molecule has 0 saturated heterocycles. The molecular weight excluding hydrogens is 152 g/mol. The molecule has 1 rings (SSSR count). The number of nitrogens with zero attached hydrogens (tertiary/aromatic N) is 1. The van der Waals surface area contributed by atoms with Gasteiger partial charge in [0.25, 0.3) is 0 Å². The van der Waals surface area contributed by atoms with Crippen LogP contribution in [0.3, 0.4) is 0 Å². The fourth-order valence-corrected chi connectivity index (χ4v) is 1.22. The van der Waals surface area contributed by atoms with Crippen LogP contribution in [0.5, 0.6) is 0 Å². The number of hydrogen-bond acceptors (Lipinski definition) is 2. The third kappa shape index (κ3) is 2.48. The Hall–Kier alpha value is -0.570. The first-order valence-corrected chi connectivity index (χ1v) is 4.51. The van der Waals surface area contributed by atoms with Gasteiger partial charge in [0.05, 0.1) is 6.04 Å². The molecule has 1 unspecified atom stereocenters. The molecule has 1 atom stereocenters. The molecule has 0 aromatic heterocycles. The van der Waals surface area contributed by atoms with E-state index in [1.807, 2.05) is 0 Å². The van der Waals surface area contributed by atoms with Crippen LogP contribution in [0, 0.1) is 5.92 Å². The van der Waals surface area contributed by atoms with Crippen molar-refractivity contribution in [3.63, 3.8) is 0 Å². The quantitative estimate of drug-likeness (QED) is 0.508. The molecule has 1 saturated carbocycles. The Morgan fingerprint density at radius 3 is 2.42 bits per heavy atom. The highest BCUT2D eigenvalue weighted by Crippen LogP contribution is 2.24. The van der Waals surface area contributed by atoms with Crippen molar-refractivity contribution >= 4 is 5.84 Å². The second-order valence-corrected chi connectivity index (χ2v) is 3.69. The number of ether oxygens (including phenoxy) is 1. The van der Waals surface area contributed by atoms with E-state index >= 15 is 0 Å². The Labute approximate surface area is 74.0 Å². The first kappa shape index (κ1) is 9.52. The van der Waals surface area contributed by atoms with Crippen molar-refractivity contribution in [2.45, 2.75) is 38.8 Å². The van der Waals surface area contributed by atoms with Gasteiger partial charge in [-0.15, -0.1) is 0 Å². The molecular formula is C9H18N2O. The Bertz CT molecular complexity index is 173. The van der Waals surface area contributed by atoms with E-state index in [1.165, 1.54) is 12.8 Å². The molecule has 1 aliphatic rings. The molecule has 0 bridgehead atoms. The second-order valence-electron chi connectivity index (χ2n) is 3.69. The van der Waals surface area contributed by atoms with Gasteiger partial charge in [-0.2, -0.15) is 0 Å². The molecule has 12 heavy (non-hydrogen) atoms. The van der Waals surface area contributed by atoms with Gasteiger partial charge in [-0.05, 0) is 18.8 Å². The van der Waals surface area contributed by atoms with E-state index in [2.05, 4.69) is 18.8 Å². The van der Waals surface area contributed by atoms with E-state index in [4.69, 9.17) is 10.5 Å². The third-order valence-corrected chi connectivity index (χ3v) is 2.03. The molecule has 0 aromatic rings. The maximum absolute atomic E-state index is 5.80. The Kier molecular flexibility index (Phi) is 3.09. The van der Waals surface area contributed by atoms with Crippen LogP contribution in [-0.2, 0) is 4.74 Å². The Morgan fingerprint density at radius 1 is 1.50 bits per heavy atom. The summed E-state index contributed by atoms with van der Waals surface area (Å²) in [6.45, 7) is 4.17. The minimum Gasteiger partial charge on any atom is -0.385 e. The smallest absolute Gasteiger partial charge is 0.124 e. The fraction of sp³-hybridized carbons (Fsp3) is 0.889. The lowest BCUT2D eigenvalue weighted by atomic mass is 10.1. The summed E-state index contributed by atoms with van der Waals surface area (Å²) in [5.74, 6) is 1.06. The van der Waals surface area contributed by atoms with Crippen LogP contribution in [0.2, 0.25) is 0 Å².